The third-order valence-electron chi connectivity index (χ3n) is 2.44. The second-order valence-electron chi connectivity index (χ2n) is 3.31. The van der Waals surface area contributed by atoms with Crippen LogP contribution in [0.15, 0.2) is 18.3 Å². The Bertz CT molecular complexity index is 347. The smallest absolute Gasteiger partial charge is 0.113 e. The highest BCUT2D eigenvalue weighted by Crippen LogP contribution is 2.20. The molecule has 0 radical (unpaired) electrons. The number of methoxy groups -OCH3 is 1. The lowest BCUT2D eigenvalue weighted by Crippen LogP contribution is -2.51. The van der Waals surface area contributed by atoms with Crippen LogP contribution in [-0.2, 0) is 4.74 Å². The van der Waals surface area contributed by atoms with Crippen LogP contribution in [0.4, 0.5) is 5.69 Å². The summed E-state index contributed by atoms with van der Waals surface area (Å²) in [5.74, 6) is 2.49. The van der Waals surface area contributed by atoms with Crippen molar-refractivity contribution in [3.63, 3.8) is 0 Å². The summed E-state index contributed by atoms with van der Waals surface area (Å²) >= 11 is 0. The minimum absolute atomic E-state index is 0.363. The standard InChI is InChI=1S/C11H12N2O/c1-3-9-4-5-10(6-12-9)13-7-11(8-13)14-2/h1,4-6,11H,7-8H2,2H3. The number of anilines is 1. The molecule has 0 atom stereocenters. The average Bonchev–Trinajstić information content (AvgIpc) is 2.17. The third-order valence-corrected chi connectivity index (χ3v) is 2.44. The molecule has 3 nitrogen and oxygen atoms in total. The van der Waals surface area contributed by atoms with Crippen LogP contribution in [0, 0.1) is 12.3 Å². The Morgan fingerprint density at radius 3 is 2.86 bits per heavy atom. The highest BCUT2D eigenvalue weighted by atomic mass is 16.5. The van der Waals surface area contributed by atoms with Crippen molar-refractivity contribution in [2.75, 3.05) is 25.1 Å². The first-order valence-corrected chi connectivity index (χ1v) is 4.54. The Morgan fingerprint density at radius 1 is 1.57 bits per heavy atom. The van der Waals surface area contributed by atoms with Gasteiger partial charge in [-0.3, -0.25) is 0 Å². The zero-order chi connectivity index (χ0) is 9.97. The van der Waals surface area contributed by atoms with Gasteiger partial charge in [0.25, 0.3) is 0 Å². The maximum atomic E-state index is 5.22. The van der Waals surface area contributed by atoms with E-state index in [-0.39, 0.29) is 0 Å². The van der Waals surface area contributed by atoms with Gasteiger partial charge in [0.05, 0.1) is 18.0 Å². The van der Waals surface area contributed by atoms with E-state index >= 15 is 0 Å². The second kappa shape index (κ2) is 3.69. The molecule has 1 aromatic heterocycles. The fraction of sp³-hybridized carbons (Fsp3) is 0.364. The summed E-state index contributed by atoms with van der Waals surface area (Å²) < 4.78 is 5.19. The minimum atomic E-state index is 0.363. The number of hydrogen-bond acceptors (Lipinski definition) is 3. The average molecular weight is 188 g/mol. The molecule has 2 heterocycles. The van der Waals surface area contributed by atoms with Crippen molar-refractivity contribution in [3.05, 3.63) is 24.0 Å². The van der Waals surface area contributed by atoms with Gasteiger partial charge in [-0.1, -0.05) is 5.92 Å². The number of pyridine rings is 1. The lowest BCUT2D eigenvalue weighted by Gasteiger charge is -2.39. The first kappa shape index (κ1) is 9.04. The fourth-order valence-electron chi connectivity index (χ4n) is 1.46. The molecule has 0 bridgehead atoms. The lowest BCUT2D eigenvalue weighted by molar-refractivity contribution is 0.0787. The molecule has 72 valence electrons. The Balaban J connectivity index is 2.02. The monoisotopic (exact) mass is 188 g/mol. The quantitative estimate of drug-likeness (QED) is 0.645. The molecule has 0 amide bonds. The van der Waals surface area contributed by atoms with Crippen LogP contribution < -0.4 is 4.90 Å². The van der Waals surface area contributed by atoms with E-state index in [2.05, 4.69) is 15.8 Å². The van der Waals surface area contributed by atoms with Gasteiger partial charge in [0.15, 0.2) is 0 Å². The number of aromatic nitrogens is 1. The number of hydrogen-bond donors (Lipinski definition) is 0. The van der Waals surface area contributed by atoms with E-state index in [0.717, 1.165) is 18.8 Å². The molecule has 0 aromatic carbocycles. The van der Waals surface area contributed by atoms with E-state index in [9.17, 15) is 0 Å². The summed E-state index contributed by atoms with van der Waals surface area (Å²) in [6, 6.07) is 3.85. The summed E-state index contributed by atoms with van der Waals surface area (Å²) in [5, 5.41) is 0. The molecule has 1 saturated heterocycles. The molecule has 0 unspecified atom stereocenters. The van der Waals surface area contributed by atoms with Gasteiger partial charge in [-0.25, -0.2) is 4.98 Å². The number of nitrogens with zero attached hydrogens (tertiary/aromatic N) is 2. The van der Waals surface area contributed by atoms with Crippen LogP contribution in [0.5, 0.6) is 0 Å². The summed E-state index contributed by atoms with van der Waals surface area (Å²) in [6.45, 7) is 1.88. The van der Waals surface area contributed by atoms with E-state index in [1.807, 2.05) is 12.1 Å². The summed E-state index contributed by atoms with van der Waals surface area (Å²) in [5.41, 5.74) is 1.79. The summed E-state index contributed by atoms with van der Waals surface area (Å²) in [7, 11) is 1.74. The largest absolute Gasteiger partial charge is 0.378 e. The molecule has 0 spiro atoms. The van der Waals surface area contributed by atoms with E-state index in [1.54, 1.807) is 13.3 Å². The first-order chi connectivity index (χ1) is 6.83. The van der Waals surface area contributed by atoms with E-state index < -0.39 is 0 Å². The molecule has 0 N–H and O–H groups in total. The number of rotatable bonds is 2. The molecule has 1 fully saturated rings. The van der Waals surface area contributed by atoms with Gasteiger partial charge >= 0.3 is 0 Å². The molecule has 14 heavy (non-hydrogen) atoms. The van der Waals surface area contributed by atoms with Crippen molar-refractivity contribution in [1.29, 1.82) is 0 Å². The molecule has 1 aliphatic rings. The third kappa shape index (κ3) is 1.57. The molecular formula is C11H12N2O. The van der Waals surface area contributed by atoms with Crippen LogP contribution in [0.25, 0.3) is 0 Å². The van der Waals surface area contributed by atoms with Gasteiger partial charge in [-0.15, -0.1) is 6.42 Å². The predicted molar refractivity (Wildman–Crippen MR) is 55.2 cm³/mol. The SMILES string of the molecule is C#Cc1ccc(N2CC(OC)C2)cn1. The Morgan fingerprint density at radius 2 is 2.36 bits per heavy atom. The molecule has 2 rings (SSSR count). The highest BCUT2D eigenvalue weighted by molar-refractivity contribution is 5.48. The topological polar surface area (TPSA) is 25.4 Å². The molecular weight excluding hydrogens is 176 g/mol. The minimum Gasteiger partial charge on any atom is -0.378 e. The maximum Gasteiger partial charge on any atom is 0.113 e. The Kier molecular flexibility index (Phi) is 2.38. The summed E-state index contributed by atoms with van der Waals surface area (Å²) in [4.78, 5) is 6.34. The fourth-order valence-corrected chi connectivity index (χ4v) is 1.46. The van der Waals surface area contributed by atoms with Crippen molar-refractivity contribution in [1.82, 2.24) is 4.98 Å². The maximum absolute atomic E-state index is 5.22. The number of terminal acetylenes is 1. The van der Waals surface area contributed by atoms with Crippen LogP contribution >= 0.6 is 0 Å². The van der Waals surface area contributed by atoms with Gasteiger partial charge in [-0.2, -0.15) is 0 Å². The zero-order valence-electron chi connectivity index (χ0n) is 8.10. The van der Waals surface area contributed by atoms with Crippen molar-refractivity contribution < 1.29 is 4.74 Å². The van der Waals surface area contributed by atoms with Crippen molar-refractivity contribution in [2.24, 2.45) is 0 Å². The summed E-state index contributed by atoms with van der Waals surface area (Å²) in [6.07, 6.45) is 7.39. The normalized spacial score (nSPS) is 16.1. The second-order valence-corrected chi connectivity index (χ2v) is 3.31. The molecule has 1 aliphatic heterocycles. The van der Waals surface area contributed by atoms with Gasteiger partial charge < -0.3 is 9.64 Å². The number of ether oxygens (including phenoxy) is 1. The zero-order valence-corrected chi connectivity index (χ0v) is 8.10. The van der Waals surface area contributed by atoms with Gasteiger partial charge in [0.1, 0.15) is 5.69 Å². The van der Waals surface area contributed by atoms with Gasteiger partial charge in [0.2, 0.25) is 0 Å². The van der Waals surface area contributed by atoms with E-state index in [4.69, 9.17) is 11.2 Å². The molecule has 0 saturated carbocycles. The molecule has 1 aromatic rings. The van der Waals surface area contributed by atoms with Gasteiger partial charge in [-0.05, 0) is 12.1 Å². The molecule has 3 heteroatoms. The lowest BCUT2D eigenvalue weighted by atomic mass is 10.1. The van der Waals surface area contributed by atoms with Crippen molar-refractivity contribution in [2.45, 2.75) is 6.10 Å². The van der Waals surface area contributed by atoms with E-state index in [1.165, 1.54) is 0 Å². The van der Waals surface area contributed by atoms with Gasteiger partial charge in [0, 0.05) is 20.2 Å². The van der Waals surface area contributed by atoms with Crippen molar-refractivity contribution in [3.8, 4) is 12.3 Å². The first-order valence-electron chi connectivity index (χ1n) is 4.54. The predicted octanol–water partition coefficient (Wildman–Crippen LogP) is 0.898. The van der Waals surface area contributed by atoms with Crippen LogP contribution in [0.1, 0.15) is 5.69 Å². The van der Waals surface area contributed by atoms with E-state index in [0.29, 0.717) is 11.8 Å². The molecule has 0 aliphatic carbocycles. The van der Waals surface area contributed by atoms with Crippen LogP contribution in [-0.4, -0.2) is 31.3 Å². The Hall–Kier alpha value is -1.53. The van der Waals surface area contributed by atoms with Crippen LogP contribution in [0.3, 0.4) is 0 Å². The highest BCUT2D eigenvalue weighted by Gasteiger charge is 2.26. The van der Waals surface area contributed by atoms with Crippen LogP contribution in [0.2, 0.25) is 0 Å². The Labute approximate surface area is 83.7 Å². The van der Waals surface area contributed by atoms with Crippen molar-refractivity contribution >= 4 is 5.69 Å².